The van der Waals surface area contributed by atoms with Crippen molar-refractivity contribution in [1.82, 2.24) is 10.3 Å². The Morgan fingerprint density at radius 2 is 2.50 bits per heavy atom. The average Bonchev–Trinajstić information content (AvgIpc) is 2.67. The van der Waals surface area contributed by atoms with Gasteiger partial charge in [-0.15, -0.1) is 11.3 Å². The molecule has 2 atom stereocenters. The molecule has 0 aliphatic heterocycles. The highest BCUT2D eigenvalue weighted by atomic mass is 32.1. The maximum absolute atomic E-state index is 5.92. The fourth-order valence-electron chi connectivity index (χ4n) is 1.98. The molecule has 4 heteroatoms. The van der Waals surface area contributed by atoms with E-state index in [9.17, 15) is 0 Å². The normalized spacial score (nSPS) is 27.8. The molecule has 14 heavy (non-hydrogen) atoms. The van der Waals surface area contributed by atoms with Gasteiger partial charge in [0.1, 0.15) is 5.01 Å². The number of rotatable bonds is 3. The quantitative estimate of drug-likeness (QED) is 0.796. The number of hydrogen-bond acceptors (Lipinski definition) is 4. The first kappa shape index (κ1) is 10.1. The predicted octanol–water partition coefficient (Wildman–Crippen LogP) is 1.50. The molecule has 1 aliphatic carbocycles. The van der Waals surface area contributed by atoms with Gasteiger partial charge in [0, 0.05) is 30.2 Å². The van der Waals surface area contributed by atoms with Crippen molar-refractivity contribution < 1.29 is 0 Å². The first-order valence-corrected chi connectivity index (χ1v) is 6.10. The van der Waals surface area contributed by atoms with Crippen LogP contribution in [0, 0.1) is 0 Å². The molecule has 0 aromatic carbocycles. The van der Waals surface area contributed by atoms with Crippen molar-refractivity contribution in [3.8, 4) is 0 Å². The third kappa shape index (κ3) is 2.77. The van der Waals surface area contributed by atoms with Crippen LogP contribution in [0.5, 0.6) is 0 Å². The summed E-state index contributed by atoms with van der Waals surface area (Å²) < 4.78 is 0. The number of thiazole rings is 1. The minimum absolute atomic E-state index is 0.401. The van der Waals surface area contributed by atoms with E-state index in [1.165, 1.54) is 24.3 Å². The standard InChI is InChI=1S/C10H17N3S/c11-8-2-1-3-9(6-8)13-7-10-12-4-5-14-10/h4-5,8-9,13H,1-3,6-7,11H2. The Kier molecular flexibility index (Phi) is 3.50. The molecule has 3 N–H and O–H groups in total. The van der Waals surface area contributed by atoms with Crippen LogP contribution in [0.4, 0.5) is 0 Å². The van der Waals surface area contributed by atoms with E-state index in [2.05, 4.69) is 10.3 Å². The Hall–Kier alpha value is -0.450. The molecular formula is C10H17N3S. The molecule has 0 bridgehead atoms. The number of nitrogens with one attached hydrogen (secondary N) is 1. The monoisotopic (exact) mass is 211 g/mol. The molecule has 78 valence electrons. The Balaban J connectivity index is 1.75. The molecule has 1 heterocycles. The van der Waals surface area contributed by atoms with Gasteiger partial charge in [0.25, 0.3) is 0 Å². The summed E-state index contributed by atoms with van der Waals surface area (Å²) >= 11 is 1.71. The maximum Gasteiger partial charge on any atom is 0.106 e. The van der Waals surface area contributed by atoms with Gasteiger partial charge in [0.2, 0.25) is 0 Å². The van der Waals surface area contributed by atoms with Crippen LogP contribution in [0.1, 0.15) is 30.7 Å². The molecule has 1 saturated carbocycles. The predicted molar refractivity (Wildman–Crippen MR) is 59.2 cm³/mol. The van der Waals surface area contributed by atoms with Crippen LogP contribution in [0.2, 0.25) is 0 Å². The van der Waals surface area contributed by atoms with Crippen LogP contribution in [0.15, 0.2) is 11.6 Å². The second kappa shape index (κ2) is 4.87. The molecule has 0 radical (unpaired) electrons. The molecule has 0 spiro atoms. The summed E-state index contributed by atoms with van der Waals surface area (Å²) in [5, 5.41) is 6.71. The van der Waals surface area contributed by atoms with Crippen molar-refractivity contribution >= 4 is 11.3 Å². The van der Waals surface area contributed by atoms with Crippen molar-refractivity contribution in [3.05, 3.63) is 16.6 Å². The highest BCUT2D eigenvalue weighted by Crippen LogP contribution is 2.17. The zero-order valence-electron chi connectivity index (χ0n) is 8.28. The molecule has 2 unspecified atom stereocenters. The van der Waals surface area contributed by atoms with Crippen molar-refractivity contribution in [2.24, 2.45) is 5.73 Å². The SMILES string of the molecule is NC1CCCC(NCc2nccs2)C1. The van der Waals surface area contributed by atoms with Gasteiger partial charge in [-0.2, -0.15) is 0 Å². The lowest BCUT2D eigenvalue weighted by Crippen LogP contribution is -2.39. The largest absolute Gasteiger partial charge is 0.328 e. The lowest BCUT2D eigenvalue weighted by molar-refractivity contribution is 0.338. The Morgan fingerprint density at radius 1 is 1.57 bits per heavy atom. The molecule has 1 aromatic rings. The van der Waals surface area contributed by atoms with Crippen LogP contribution in [-0.4, -0.2) is 17.1 Å². The molecule has 1 fully saturated rings. The zero-order valence-corrected chi connectivity index (χ0v) is 9.09. The summed E-state index contributed by atoms with van der Waals surface area (Å²) in [7, 11) is 0. The smallest absolute Gasteiger partial charge is 0.106 e. The molecule has 0 saturated heterocycles. The minimum atomic E-state index is 0.401. The lowest BCUT2D eigenvalue weighted by atomic mass is 9.92. The van der Waals surface area contributed by atoms with Gasteiger partial charge < -0.3 is 11.1 Å². The third-order valence-electron chi connectivity index (χ3n) is 2.74. The van der Waals surface area contributed by atoms with Crippen molar-refractivity contribution in [1.29, 1.82) is 0 Å². The second-order valence-corrected chi connectivity index (χ2v) is 4.91. The van der Waals surface area contributed by atoms with Crippen molar-refractivity contribution in [3.63, 3.8) is 0 Å². The van der Waals surface area contributed by atoms with E-state index in [0.717, 1.165) is 13.0 Å². The number of hydrogen-bond donors (Lipinski definition) is 2. The van der Waals surface area contributed by atoms with Crippen molar-refractivity contribution in [2.45, 2.75) is 44.3 Å². The van der Waals surface area contributed by atoms with Gasteiger partial charge in [-0.25, -0.2) is 4.98 Å². The fraction of sp³-hybridized carbons (Fsp3) is 0.700. The van der Waals surface area contributed by atoms with E-state index < -0.39 is 0 Å². The third-order valence-corrected chi connectivity index (χ3v) is 3.52. The summed E-state index contributed by atoms with van der Waals surface area (Å²) in [5.74, 6) is 0. The number of nitrogens with two attached hydrogens (primary N) is 1. The summed E-state index contributed by atoms with van der Waals surface area (Å²) in [6.07, 6.45) is 6.69. The van der Waals surface area contributed by atoms with Gasteiger partial charge in [-0.3, -0.25) is 0 Å². The van der Waals surface area contributed by atoms with Gasteiger partial charge >= 0.3 is 0 Å². The van der Waals surface area contributed by atoms with E-state index in [-0.39, 0.29) is 0 Å². The molecule has 1 aromatic heterocycles. The van der Waals surface area contributed by atoms with E-state index in [1.54, 1.807) is 11.3 Å². The Labute approximate surface area is 88.7 Å². The number of aromatic nitrogens is 1. The second-order valence-electron chi connectivity index (χ2n) is 3.93. The molecule has 0 amide bonds. The highest BCUT2D eigenvalue weighted by Gasteiger charge is 2.18. The van der Waals surface area contributed by atoms with E-state index >= 15 is 0 Å². The summed E-state index contributed by atoms with van der Waals surface area (Å²) in [5.41, 5.74) is 5.92. The van der Waals surface area contributed by atoms with Gasteiger partial charge in [0.15, 0.2) is 0 Å². The van der Waals surface area contributed by atoms with E-state index in [0.29, 0.717) is 12.1 Å². The minimum Gasteiger partial charge on any atom is -0.328 e. The van der Waals surface area contributed by atoms with Crippen LogP contribution in [-0.2, 0) is 6.54 Å². The molecular weight excluding hydrogens is 194 g/mol. The van der Waals surface area contributed by atoms with Crippen molar-refractivity contribution in [2.75, 3.05) is 0 Å². The molecule has 2 rings (SSSR count). The van der Waals surface area contributed by atoms with Gasteiger partial charge in [-0.05, 0) is 19.3 Å². The van der Waals surface area contributed by atoms with E-state index in [1.807, 2.05) is 11.6 Å². The summed E-state index contributed by atoms with van der Waals surface area (Å²) in [4.78, 5) is 4.24. The van der Waals surface area contributed by atoms with Crippen LogP contribution >= 0.6 is 11.3 Å². The topological polar surface area (TPSA) is 50.9 Å². The summed E-state index contributed by atoms with van der Waals surface area (Å²) in [6.45, 7) is 0.898. The van der Waals surface area contributed by atoms with Gasteiger partial charge in [-0.1, -0.05) is 6.42 Å². The molecule has 3 nitrogen and oxygen atoms in total. The lowest BCUT2D eigenvalue weighted by Gasteiger charge is -2.27. The first-order chi connectivity index (χ1) is 6.84. The van der Waals surface area contributed by atoms with Crippen LogP contribution in [0.3, 0.4) is 0 Å². The number of nitrogens with zero attached hydrogens (tertiary/aromatic N) is 1. The first-order valence-electron chi connectivity index (χ1n) is 5.22. The Morgan fingerprint density at radius 3 is 3.21 bits per heavy atom. The highest BCUT2D eigenvalue weighted by molar-refractivity contribution is 7.09. The maximum atomic E-state index is 5.92. The molecule has 1 aliphatic rings. The van der Waals surface area contributed by atoms with Crippen LogP contribution in [0.25, 0.3) is 0 Å². The zero-order chi connectivity index (χ0) is 9.80. The average molecular weight is 211 g/mol. The van der Waals surface area contributed by atoms with E-state index in [4.69, 9.17) is 5.73 Å². The van der Waals surface area contributed by atoms with Gasteiger partial charge in [0.05, 0.1) is 0 Å². The Bertz CT molecular complexity index is 260. The fourth-order valence-corrected chi connectivity index (χ4v) is 2.55. The van der Waals surface area contributed by atoms with Crippen LogP contribution < -0.4 is 11.1 Å². The summed E-state index contributed by atoms with van der Waals surface area (Å²) in [6, 6.07) is 1.00.